The Morgan fingerprint density at radius 2 is 1.69 bits per heavy atom. The van der Waals surface area contributed by atoms with Gasteiger partial charge in [-0.25, -0.2) is 0 Å². The first-order valence-corrected chi connectivity index (χ1v) is 10.3. The number of furan rings is 1. The molecule has 0 aliphatic heterocycles. The van der Waals surface area contributed by atoms with Gasteiger partial charge in [-0.2, -0.15) is 0 Å². The predicted molar refractivity (Wildman–Crippen MR) is 124 cm³/mol. The largest absolute Gasteiger partial charge is 0.486 e. The minimum atomic E-state index is -0.374. The van der Waals surface area contributed by atoms with Crippen molar-refractivity contribution in [1.82, 2.24) is 4.90 Å². The van der Waals surface area contributed by atoms with Crippen molar-refractivity contribution in [3.8, 4) is 5.75 Å². The van der Waals surface area contributed by atoms with Crippen molar-refractivity contribution in [3.63, 3.8) is 0 Å². The van der Waals surface area contributed by atoms with Crippen LogP contribution in [0.25, 0.3) is 10.8 Å². The Kier molecular flexibility index (Phi) is 6.22. The standard InChI is InChI=1S/C26H24N2O4/c1-18-7-10-21(11-8-18)27-25(29)16-28(2)26(30)24-14-13-23(32-24)17-31-22-12-9-19-5-3-4-6-20(19)15-22/h3-15H,16-17H2,1-2H3,(H,27,29). The Morgan fingerprint density at radius 3 is 2.47 bits per heavy atom. The molecule has 0 saturated carbocycles. The molecule has 4 aromatic rings. The maximum Gasteiger partial charge on any atom is 0.289 e. The maximum absolute atomic E-state index is 12.6. The van der Waals surface area contributed by atoms with Crippen molar-refractivity contribution < 1.29 is 18.7 Å². The monoisotopic (exact) mass is 428 g/mol. The van der Waals surface area contributed by atoms with E-state index in [2.05, 4.69) is 5.32 Å². The highest BCUT2D eigenvalue weighted by Crippen LogP contribution is 2.22. The van der Waals surface area contributed by atoms with Crippen molar-refractivity contribution in [2.45, 2.75) is 13.5 Å². The predicted octanol–water partition coefficient (Wildman–Crippen LogP) is 5.03. The van der Waals surface area contributed by atoms with Gasteiger partial charge in [0.05, 0.1) is 6.54 Å². The van der Waals surface area contributed by atoms with Gasteiger partial charge in [0.15, 0.2) is 5.76 Å². The average molecular weight is 428 g/mol. The molecule has 6 heteroatoms. The summed E-state index contributed by atoms with van der Waals surface area (Å²) in [5.41, 5.74) is 1.79. The molecule has 0 fully saturated rings. The number of carbonyl (C=O) groups excluding carboxylic acids is 2. The van der Waals surface area contributed by atoms with Crippen LogP contribution >= 0.6 is 0 Å². The van der Waals surface area contributed by atoms with Crippen LogP contribution in [0.3, 0.4) is 0 Å². The summed E-state index contributed by atoms with van der Waals surface area (Å²) in [4.78, 5) is 26.2. The van der Waals surface area contributed by atoms with Crippen molar-refractivity contribution in [2.75, 3.05) is 18.9 Å². The van der Waals surface area contributed by atoms with Gasteiger partial charge in [0.25, 0.3) is 5.91 Å². The number of ether oxygens (including phenoxy) is 1. The Labute approximate surface area is 186 Å². The van der Waals surface area contributed by atoms with Crippen LogP contribution in [0.1, 0.15) is 21.9 Å². The number of anilines is 1. The summed E-state index contributed by atoms with van der Waals surface area (Å²) in [6.45, 7) is 2.09. The van der Waals surface area contributed by atoms with Gasteiger partial charge in [-0.1, -0.05) is 48.0 Å². The normalized spacial score (nSPS) is 10.7. The third kappa shape index (κ3) is 5.16. The lowest BCUT2D eigenvalue weighted by Gasteiger charge is -2.15. The highest BCUT2D eigenvalue weighted by atomic mass is 16.5. The van der Waals surface area contributed by atoms with Crippen molar-refractivity contribution >= 4 is 28.3 Å². The summed E-state index contributed by atoms with van der Waals surface area (Å²) in [7, 11) is 1.56. The molecule has 0 unspecified atom stereocenters. The molecule has 0 saturated heterocycles. The average Bonchev–Trinajstić information content (AvgIpc) is 3.27. The van der Waals surface area contributed by atoms with Crippen LogP contribution in [0, 0.1) is 6.92 Å². The number of fused-ring (bicyclic) bond motifs is 1. The van der Waals surface area contributed by atoms with E-state index in [0.717, 1.165) is 22.1 Å². The molecule has 2 amide bonds. The highest BCUT2D eigenvalue weighted by Gasteiger charge is 2.19. The number of carbonyl (C=O) groups is 2. The Morgan fingerprint density at radius 1 is 0.938 bits per heavy atom. The van der Waals surface area contributed by atoms with Gasteiger partial charge >= 0.3 is 0 Å². The molecule has 0 aliphatic carbocycles. The molecule has 1 aromatic heterocycles. The molecule has 0 atom stereocenters. The van der Waals surface area contributed by atoms with Crippen LogP contribution in [0.15, 0.2) is 83.3 Å². The van der Waals surface area contributed by atoms with Crippen LogP contribution in [-0.2, 0) is 11.4 Å². The van der Waals surface area contributed by atoms with E-state index >= 15 is 0 Å². The molecule has 162 valence electrons. The third-order valence-corrected chi connectivity index (χ3v) is 5.04. The van der Waals surface area contributed by atoms with Crippen LogP contribution in [0.5, 0.6) is 5.75 Å². The van der Waals surface area contributed by atoms with E-state index in [1.807, 2.05) is 73.7 Å². The van der Waals surface area contributed by atoms with Crippen molar-refractivity contribution in [3.05, 3.63) is 95.9 Å². The highest BCUT2D eigenvalue weighted by molar-refractivity contribution is 5.98. The van der Waals surface area contributed by atoms with Crippen LogP contribution in [0.4, 0.5) is 5.69 Å². The Balaban J connectivity index is 1.31. The van der Waals surface area contributed by atoms with Gasteiger partial charge in [-0.05, 0) is 54.1 Å². The molecular formula is C26H24N2O4. The lowest BCUT2D eigenvalue weighted by atomic mass is 10.1. The van der Waals surface area contributed by atoms with Crippen LogP contribution < -0.4 is 10.1 Å². The fraction of sp³-hybridized carbons (Fsp3) is 0.154. The number of aryl methyl sites for hydroxylation is 1. The lowest BCUT2D eigenvalue weighted by Crippen LogP contribution is -2.34. The van der Waals surface area contributed by atoms with Crippen molar-refractivity contribution in [1.29, 1.82) is 0 Å². The molecule has 0 aliphatic rings. The fourth-order valence-corrected chi connectivity index (χ4v) is 3.29. The molecule has 0 bridgehead atoms. The zero-order chi connectivity index (χ0) is 22.5. The fourth-order valence-electron chi connectivity index (χ4n) is 3.29. The van der Waals surface area contributed by atoms with E-state index < -0.39 is 0 Å². The minimum Gasteiger partial charge on any atom is -0.486 e. The quantitative estimate of drug-likeness (QED) is 0.448. The van der Waals surface area contributed by atoms with Gasteiger partial charge in [0, 0.05) is 12.7 Å². The second kappa shape index (κ2) is 9.39. The summed E-state index contributed by atoms with van der Waals surface area (Å²) in [6, 6.07) is 24.7. The number of likely N-dealkylation sites (N-methyl/N-ethyl adjacent to an activating group) is 1. The van der Waals surface area contributed by atoms with E-state index in [1.54, 1.807) is 19.2 Å². The second-order valence-corrected chi connectivity index (χ2v) is 7.64. The van der Waals surface area contributed by atoms with Gasteiger partial charge < -0.3 is 19.4 Å². The first kappa shape index (κ1) is 21.2. The molecule has 4 rings (SSSR count). The zero-order valence-corrected chi connectivity index (χ0v) is 18.0. The molecule has 32 heavy (non-hydrogen) atoms. The molecule has 1 N–H and O–H groups in total. The summed E-state index contributed by atoms with van der Waals surface area (Å²) >= 11 is 0. The summed E-state index contributed by atoms with van der Waals surface area (Å²) in [5, 5.41) is 5.01. The first-order chi connectivity index (χ1) is 15.5. The molecule has 1 heterocycles. The summed E-state index contributed by atoms with van der Waals surface area (Å²) < 4.78 is 11.5. The number of benzene rings is 3. The van der Waals surface area contributed by atoms with Gasteiger partial charge in [-0.3, -0.25) is 9.59 Å². The van der Waals surface area contributed by atoms with Gasteiger partial charge in [0.1, 0.15) is 18.1 Å². The van der Waals surface area contributed by atoms with E-state index in [0.29, 0.717) is 11.4 Å². The van der Waals surface area contributed by atoms with E-state index in [9.17, 15) is 9.59 Å². The minimum absolute atomic E-state index is 0.0870. The number of nitrogens with zero attached hydrogens (tertiary/aromatic N) is 1. The number of hydrogen-bond acceptors (Lipinski definition) is 4. The maximum atomic E-state index is 12.6. The van der Waals surface area contributed by atoms with Crippen molar-refractivity contribution in [2.24, 2.45) is 0 Å². The number of nitrogens with one attached hydrogen (secondary N) is 1. The van der Waals surface area contributed by atoms with E-state index in [4.69, 9.17) is 9.15 Å². The molecular weight excluding hydrogens is 404 g/mol. The Hall–Kier alpha value is -4.06. The summed E-state index contributed by atoms with van der Waals surface area (Å²) in [5.74, 6) is 0.752. The number of rotatable bonds is 7. The van der Waals surface area contributed by atoms with E-state index in [-0.39, 0.29) is 30.7 Å². The second-order valence-electron chi connectivity index (χ2n) is 7.64. The third-order valence-electron chi connectivity index (χ3n) is 5.04. The van der Waals surface area contributed by atoms with Gasteiger partial charge in [-0.15, -0.1) is 0 Å². The Bertz CT molecular complexity index is 1240. The van der Waals surface area contributed by atoms with Gasteiger partial charge in [0.2, 0.25) is 5.91 Å². The number of hydrogen-bond donors (Lipinski definition) is 1. The molecule has 3 aromatic carbocycles. The molecule has 6 nitrogen and oxygen atoms in total. The lowest BCUT2D eigenvalue weighted by molar-refractivity contribution is -0.116. The van der Waals surface area contributed by atoms with E-state index in [1.165, 1.54) is 4.90 Å². The zero-order valence-electron chi connectivity index (χ0n) is 18.0. The summed E-state index contributed by atoms with van der Waals surface area (Å²) in [6.07, 6.45) is 0. The molecule has 0 radical (unpaired) electrons. The topological polar surface area (TPSA) is 71.8 Å². The van der Waals surface area contributed by atoms with Crippen LogP contribution in [-0.4, -0.2) is 30.3 Å². The number of amides is 2. The SMILES string of the molecule is Cc1ccc(NC(=O)CN(C)C(=O)c2ccc(COc3ccc4ccccc4c3)o2)cc1. The smallest absolute Gasteiger partial charge is 0.289 e. The molecule has 0 spiro atoms. The van der Waals surface area contributed by atoms with Crippen LogP contribution in [0.2, 0.25) is 0 Å². The first-order valence-electron chi connectivity index (χ1n) is 10.3.